The van der Waals surface area contributed by atoms with Crippen molar-refractivity contribution < 1.29 is 17.9 Å². The summed E-state index contributed by atoms with van der Waals surface area (Å²) in [5.41, 5.74) is 5.65. The van der Waals surface area contributed by atoms with E-state index in [0.29, 0.717) is 5.69 Å². The second kappa shape index (κ2) is 4.92. The third-order valence-corrected chi connectivity index (χ3v) is 1.55. The normalized spacial score (nSPS) is 11.5. The van der Waals surface area contributed by atoms with Crippen LogP contribution in [0.5, 0.6) is 5.88 Å². The van der Waals surface area contributed by atoms with Gasteiger partial charge in [0, 0.05) is 18.9 Å². The minimum absolute atomic E-state index is 0.0595. The third kappa shape index (κ3) is 4.11. The van der Waals surface area contributed by atoms with E-state index in [2.05, 4.69) is 9.97 Å². The summed E-state index contributed by atoms with van der Waals surface area (Å²) < 4.78 is 40.2. The number of aromatic nitrogens is 2. The molecule has 0 fully saturated rings. The first-order valence-corrected chi connectivity index (χ1v) is 4.22. The van der Waals surface area contributed by atoms with Crippen LogP contribution in [0.2, 0.25) is 0 Å². The molecule has 1 aromatic rings. The van der Waals surface area contributed by atoms with Crippen LogP contribution in [0, 0.1) is 0 Å². The van der Waals surface area contributed by atoms with Crippen molar-refractivity contribution in [3.63, 3.8) is 0 Å². The molecule has 0 bridgehead atoms. The Balaban J connectivity index is 2.50. The van der Waals surface area contributed by atoms with Crippen molar-refractivity contribution in [2.24, 2.45) is 5.73 Å². The van der Waals surface area contributed by atoms with E-state index in [1.807, 2.05) is 0 Å². The summed E-state index contributed by atoms with van der Waals surface area (Å²) in [6, 6.07) is 0. The molecule has 4 nitrogen and oxygen atoms in total. The molecule has 1 aromatic heterocycles. The van der Waals surface area contributed by atoms with Crippen molar-refractivity contribution in [2.45, 2.75) is 19.1 Å². The van der Waals surface area contributed by atoms with Gasteiger partial charge in [0.05, 0.1) is 13.0 Å². The van der Waals surface area contributed by atoms with Crippen LogP contribution in [-0.4, -0.2) is 22.8 Å². The van der Waals surface area contributed by atoms with Gasteiger partial charge < -0.3 is 10.5 Å². The van der Waals surface area contributed by atoms with Gasteiger partial charge in [-0.05, 0) is 0 Å². The maximum absolute atomic E-state index is 11.8. The van der Waals surface area contributed by atoms with Crippen molar-refractivity contribution in [3.8, 4) is 5.88 Å². The Morgan fingerprint density at radius 2 is 1.93 bits per heavy atom. The molecule has 1 heterocycles. The molecule has 0 radical (unpaired) electrons. The van der Waals surface area contributed by atoms with Crippen LogP contribution >= 0.6 is 0 Å². The van der Waals surface area contributed by atoms with E-state index < -0.39 is 19.2 Å². The van der Waals surface area contributed by atoms with E-state index in [0.717, 1.165) is 0 Å². The first-order valence-electron chi connectivity index (χ1n) is 4.22. The average molecular weight is 221 g/mol. The first-order chi connectivity index (χ1) is 7.03. The lowest BCUT2D eigenvalue weighted by atomic mass is 10.4. The van der Waals surface area contributed by atoms with Crippen molar-refractivity contribution in [3.05, 3.63) is 18.1 Å². The van der Waals surface area contributed by atoms with E-state index in [1.54, 1.807) is 0 Å². The van der Waals surface area contributed by atoms with Crippen molar-refractivity contribution in [1.82, 2.24) is 9.97 Å². The monoisotopic (exact) mass is 221 g/mol. The fourth-order valence-electron chi connectivity index (χ4n) is 0.878. The molecule has 0 saturated heterocycles. The smallest absolute Gasteiger partial charge is 0.392 e. The third-order valence-electron chi connectivity index (χ3n) is 1.55. The number of hydrogen-bond donors (Lipinski definition) is 1. The number of nitrogens with two attached hydrogens (primary N) is 1. The average Bonchev–Trinajstić information content (AvgIpc) is 2.16. The summed E-state index contributed by atoms with van der Waals surface area (Å²) in [7, 11) is 0. The maximum Gasteiger partial charge on any atom is 0.392 e. The van der Waals surface area contributed by atoms with Gasteiger partial charge in [0.1, 0.15) is 5.69 Å². The molecule has 84 valence electrons. The van der Waals surface area contributed by atoms with Crippen LogP contribution in [0.15, 0.2) is 12.4 Å². The van der Waals surface area contributed by atoms with Crippen LogP contribution in [0.4, 0.5) is 13.2 Å². The molecule has 0 saturated carbocycles. The van der Waals surface area contributed by atoms with E-state index in [1.165, 1.54) is 12.4 Å². The molecule has 0 aliphatic rings. The highest BCUT2D eigenvalue weighted by Gasteiger charge is 2.27. The van der Waals surface area contributed by atoms with Crippen molar-refractivity contribution in [2.75, 3.05) is 6.61 Å². The quantitative estimate of drug-likeness (QED) is 0.831. The van der Waals surface area contributed by atoms with E-state index in [-0.39, 0.29) is 12.4 Å². The SMILES string of the molecule is NCc1nccnc1OCCC(F)(F)F. The fraction of sp³-hybridized carbons (Fsp3) is 0.500. The fourth-order valence-corrected chi connectivity index (χ4v) is 0.878. The number of nitrogens with zero attached hydrogens (tertiary/aromatic N) is 2. The van der Waals surface area contributed by atoms with Crippen molar-refractivity contribution in [1.29, 1.82) is 0 Å². The van der Waals surface area contributed by atoms with Gasteiger partial charge in [-0.2, -0.15) is 13.2 Å². The summed E-state index contributed by atoms with van der Waals surface area (Å²) in [5, 5.41) is 0. The minimum Gasteiger partial charge on any atom is -0.476 e. The van der Waals surface area contributed by atoms with Gasteiger partial charge in [-0.1, -0.05) is 0 Å². The zero-order chi connectivity index (χ0) is 11.3. The van der Waals surface area contributed by atoms with E-state index in [4.69, 9.17) is 10.5 Å². The van der Waals surface area contributed by atoms with Gasteiger partial charge in [-0.15, -0.1) is 0 Å². The van der Waals surface area contributed by atoms with Crippen LogP contribution in [-0.2, 0) is 6.54 Å². The van der Waals surface area contributed by atoms with Gasteiger partial charge in [0.25, 0.3) is 0 Å². The summed E-state index contributed by atoms with van der Waals surface area (Å²) >= 11 is 0. The zero-order valence-electron chi connectivity index (χ0n) is 7.79. The van der Waals surface area contributed by atoms with Gasteiger partial charge >= 0.3 is 6.18 Å². The molecule has 0 unspecified atom stereocenters. The highest BCUT2D eigenvalue weighted by atomic mass is 19.4. The van der Waals surface area contributed by atoms with Crippen LogP contribution in [0.25, 0.3) is 0 Å². The Kier molecular flexibility index (Phi) is 3.84. The summed E-state index contributed by atoms with van der Waals surface area (Å²) in [5.74, 6) is 0.0595. The van der Waals surface area contributed by atoms with Gasteiger partial charge in [0.2, 0.25) is 5.88 Å². The highest BCUT2D eigenvalue weighted by molar-refractivity contribution is 5.16. The Morgan fingerprint density at radius 3 is 2.53 bits per heavy atom. The number of ether oxygens (including phenoxy) is 1. The topological polar surface area (TPSA) is 61.0 Å². The first kappa shape index (κ1) is 11.7. The molecule has 0 aliphatic heterocycles. The Bertz CT molecular complexity index is 316. The lowest BCUT2D eigenvalue weighted by molar-refractivity contribution is -0.139. The predicted octanol–water partition coefficient (Wildman–Crippen LogP) is 1.27. The molecular formula is C8H10F3N3O. The predicted molar refractivity (Wildman–Crippen MR) is 46.1 cm³/mol. The number of rotatable bonds is 4. The number of alkyl halides is 3. The van der Waals surface area contributed by atoms with Crippen LogP contribution in [0.3, 0.4) is 0 Å². The second-order valence-corrected chi connectivity index (χ2v) is 2.73. The Hall–Kier alpha value is -1.37. The zero-order valence-corrected chi connectivity index (χ0v) is 7.79. The molecule has 0 spiro atoms. The molecular weight excluding hydrogens is 211 g/mol. The maximum atomic E-state index is 11.8. The van der Waals surface area contributed by atoms with Crippen LogP contribution < -0.4 is 10.5 Å². The summed E-state index contributed by atoms with van der Waals surface area (Å²) in [6.45, 7) is -0.398. The van der Waals surface area contributed by atoms with Gasteiger partial charge in [-0.3, -0.25) is 4.98 Å². The highest BCUT2D eigenvalue weighted by Crippen LogP contribution is 2.20. The standard InChI is InChI=1S/C8H10F3N3O/c9-8(10,11)1-4-15-7-6(5-12)13-2-3-14-7/h2-3H,1,4-5,12H2. The lowest BCUT2D eigenvalue weighted by Crippen LogP contribution is -2.14. The largest absolute Gasteiger partial charge is 0.476 e. The van der Waals surface area contributed by atoms with Crippen molar-refractivity contribution >= 4 is 0 Å². The number of halogens is 3. The molecule has 0 aliphatic carbocycles. The minimum atomic E-state index is -4.23. The molecule has 7 heteroatoms. The molecule has 0 aromatic carbocycles. The second-order valence-electron chi connectivity index (χ2n) is 2.73. The van der Waals surface area contributed by atoms with Crippen LogP contribution in [0.1, 0.15) is 12.1 Å². The molecule has 2 N–H and O–H groups in total. The van der Waals surface area contributed by atoms with Gasteiger partial charge in [0.15, 0.2) is 0 Å². The number of hydrogen-bond acceptors (Lipinski definition) is 4. The molecule has 0 amide bonds. The molecule has 0 atom stereocenters. The molecule has 15 heavy (non-hydrogen) atoms. The Morgan fingerprint density at radius 1 is 1.27 bits per heavy atom. The summed E-state index contributed by atoms with van der Waals surface area (Å²) in [6.07, 6.45) is -2.51. The lowest BCUT2D eigenvalue weighted by Gasteiger charge is -2.09. The van der Waals surface area contributed by atoms with E-state index >= 15 is 0 Å². The summed E-state index contributed by atoms with van der Waals surface area (Å²) in [4.78, 5) is 7.56. The van der Waals surface area contributed by atoms with Gasteiger partial charge in [-0.25, -0.2) is 4.98 Å². The van der Waals surface area contributed by atoms with E-state index in [9.17, 15) is 13.2 Å². The Labute approximate surface area is 84.3 Å². The molecule has 1 rings (SSSR count).